The van der Waals surface area contributed by atoms with Gasteiger partial charge in [0, 0.05) is 0 Å². The number of aliphatic hydroxyl groups excluding tert-OH is 1. The zero-order valence-corrected chi connectivity index (χ0v) is 19.8. The molecule has 0 spiro atoms. The van der Waals surface area contributed by atoms with Gasteiger partial charge >= 0.3 is 0 Å². The van der Waals surface area contributed by atoms with Crippen molar-refractivity contribution in [3.63, 3.8) is 0 Å². The fourth-order valence-corrected chi connectivity index (χ4v) is 6.67. The molecule has 3 fully saturated rings. The van der Waals surface area contributed by atoms with Crippen molar-refractivity contribution in [2.24, 2.45) is 35.0 Å². The van der Waals surface area contributed by atoms with Gasteiger partial charge in [-0.1, -0.05) is 77.3 Å². The molecule has 29 heavy (non-hydrogen) atoms. The van der Waals surface area contributed by atoms with E-state index in [0.29, 0.717) is 5.41 Å². The Bertz CT molecular complexity index is 639. The number of aliphatic hydroxyl groups is 1. The summed E-state index contributed by atoms with van der Waals surface area (Å²) < 4.78 is 0. The summed E-state index contributed by atoms with van der Waals surface area (Å²) in [5, 5.41) is 10.0. The van der Waals surface area contributed by atoms with Crippen LogP contribution in [0.15, 0.2) is 35.5 Å². The standard InChI is InChI=1S/C28H46O/c1-19(2)20(3)9-10-22(5)26-15-16-27-23(8-7-17-28(26,27)6)12-13-24-18-25(29)14-11-21(24)4/h12-13,19-20,22,25-27,29H,4,7-11,14-18H2,1-3,5-6H3/t20?,22?,25?,26?,27?,28-/m1/s1. The average molecular weight is 399 g/mol. The highest BCUT2D eigenvalue weighted by Gasteiger charge is 2.50. The van der Waals surface area contributed by atoms with Gasteiger partial charge in [-0.3, -0.25) is 0 Å². The van der Waals surface area contributed by atoms with E-state index in [-0.39, 0.29) is 6.10 Å². The van der Waals surface area contributed by atoms with Crippen LogP contribution in [0.1, 0.15) is 98.8 Å². The Morgan fingerprint density at radius 1 is 1.07 bits per heavy atom. The summed E-state index contributed by atoms with van der Waals surface area (Å²) in [7, 11) is 0. The third-order valence-electron chi connectivity index (χ3n) is 9.13. The molecule has 1 heteroatoms. The summed E-state index contributed by atoms with van der Waals surface area (Å²) in [5.74, 6) is 4.14. The molecular weight excluding hydrogens is 352 g/mol. The third-order valence-corrected chi connectivity index (χ3v) is 9.13. The lowest BCUT2D eigenvalue weighted by Crippen LogP contribution is -2.36. The molecule has 1 N–H and O–H groups in total. The van der Waals surface area contributed by atoms with Gasteiger partial charge in [0.1, 0.15) is 0 Å². The molecule has 3 saturated carbocycles. The quantitative estimate of drug-likeness (QED) is 0.482. The van der Waals surface area contributed by atoms with Crippen molar-refractivity contribution in [3.05, 3.63) is 35.5 Å². The SMILES string of the molecule is C=C1CCC(O)CC1=CC=C1CCC[C@@]2(C)C1CCC2C(C)CCC(C)C(C)C. The minimum Gasteiger partial charge on any atom is -0.393 e. The largest absolute Gasteiger partial charge is 0.393 e. The first-order valence-corrected chi connectivity index (χ1v) is 12.5. The monoisotopic (exact) mass is 398 g/mol. The first kappa shape index (κ1) is 22.9. The summed E-state index contributed by atoms with van der Waals surface area (Å²) in [4.78, 5) is 0. The third kappa shape index (κ3) is 5.09. The number of rotatable bonds is 6. The Kier molecular flexibility index (Phi) is 7.52. The van der Waals surface area contributed by atoms with E-state index in [4.69, 9.17) is 0 Å². The number of hydrogen-bond donors (Lipinski definition) is 1. The normalized spacial score (nSPS) is 37.9. The van der Waals surface area contributed by atoms with Crippen LogP contribution < -0.4 is 0 Å². The van der Waals surface area contributed by atoms with Crippen LogP contribution in [-0.4, -0.2) is 11.2 Å². The Hall–Kier alpha value is -0.820. The maximum absolute atomic E-state index is 10.0. The molecule has 164 valence electrons. The van der Waals surface area contributed by atoms with Gasteiger partial charge in [0.2, 0.25) is 0 Å². The van der Waals surface area contributed by atoms with Crippen molar-refractivity contribution in [2.45, 2.75) is 105 Å². The lowest BCUT2D eigenvalue weighted by Gasteiger charge is -2.44. The molecule has 6 atom stereocenters. The number of fused-ring (bicyclic) bond motifs is 1. The molecule has 0 aromatic heterocycles. The minimum absolute atomic E-state index is 0.174. The first-order chi connectivity index (χ1) is 13.7. The predicted molar refractivity (Wildman–Crippen MR) is 126 cm³/mol. The van der Waals surface area contributed by atoms with Crippen LogP contribution in [0.5, 0.6) is 0 Å². The van der Waals surface area contributed by atoms with E-state index in [1.807, 2.05) is 0 Å². The lowest BCUT2D eigenvalue weighted by atomic mass is 9.60. The number of hydrogen-bond acceptors (Lipinski definition) is 1. The van der Waals surface area contributed by atoms with Crippen molar-refractivity contribution in [1.29, 1.82) is 0 Å². The predicted octanol–water partition coefficient (Wildman–Crippen LogP) is 7.87. The summed E-state index contributed by atoms with van der Waals surface area (Å²) >= 11 is 0. The number of allylic oxidation sites excluding steroid dienone is 4. The molecule has 3 aliphatic rings. The maximum Gasteiger partial charge on any atom is 0.0583 e. The summed E-state index contributed by atoms with van der Waals surface area (Å²) in [5.41, 5.74) is 4.70. The zero-order valence-electron chi connectivity index (χ0n) is 19.8. The van der Waals surface area contributed by atoms with Gasteiger partial charge in [-0.2, -0.15) is 0 Å². The molecule has 5 unspecified atom stereocenters. The molecule has 0 amide bonds. The average Bonchev–Trinajstić information content (AvgIpc) is 3.04. The molecule has 3 aliphatic carbocycles. The van der Waals surface area contributed by atoms with Gasteiger partial charge in [-0.15, -0.1) is 0 Å². The van der Waals surface area contributed by atoms with Gasteiger partial charge < -0.3 is 5.11 Å². The summed E-state index contributed by atoms with van der Waals surface area (Å²) in [6, 6.07) is 0. The van der Waals surface area contributed by atoms with Gasteiger partial charge in [0.05, 0.1) is 6.10 Å². The maximum atomic E-state index is 10.0. The van der Waals surface area contributed by atoms with Crippen molar-refractivity contribution >= 4 is 0 Å². The highest BCUT2D eigenvalue weighted by atomic mass is 16.3. The molecule has 0 aromatic carbocycles. The molecule has 0 saturated heterocycles. The van der Waals surface area contributed by atoms with Crippen LogP contribution in [0, 0.1) is 35.0 Å². The molecule has 0 bridgehead atoms. The van der Waals surface area contributed by atoms with Gasteiger partial charge in [0.25, 0.3) is 0 Å². The minimum atomic E-state index is -0.174. The highest BCUT2D eigenvalue weighted by Crippen LogP contribution is 2.60. The lowest BCUT2D eigenvalue weighted by molar-refractivity contribution is 0.0907. The van der Waals surface area contributed by atoms with Crippen molar-refractivity contribution < 1.29 is 5.11 Å². The van der Waals surface area contributed by atoms with Crippen molar-refractivity contribution in [2.75, 3.05) is 0 Å². The Balaban J connectivity index is 1.70. The second-order valence-electron chi connectivity index (χ2n) is 11.3. The Labute approximate surface area is 180 Å². The molecule has 0 heterocycles. The Morgan fingerprint density at radius 2 is 1.83 bits per heavy atom. The van der Waals surface area contributed by atoms with Crippen LogP contribution in [0.3, 0.4) is 0 Å². The highest BCUT2D eigenvalue weighted by molar-refractivity contribution is 5.36. The van der Waals surface area contributed by atoms with Crippen LogP contribution in [0.25, 0.3) is 0 Å². The molecule has 0 aromatic rings. The molecule has 0 radical (unpaired) electrons. The van der Waals surface area contributed by atoms with E-state index in [2.05, 4.69) is 53.3 Å². The second kappa shape index (κ2) is 9.54. The van der Waals surface area contributed by atoms with Gasteiger partial charge in [-0.05, 0) is 91.9 Å². The molecule has 3 rings (SSSR count). The molecule has 0 aliphatic heterocycles. The first-order valence-electron chi connectivity index (χ1n) is 12.5. The topological polar surface area (TPSA) is 20.2 Å². The summed E-state index contributed by atoms with van der Waals surface area (Å²) in [6.07, 6.45) is 16.8. The van der Waals surface area contributed by atoms with E-state index in [1.54, 1.807) is 5.57 Å². The van der Waals surface area contributed by atoms with E-state index >= 15 is 0 Å². The molecular formula is C28H46O. The fourth-order valence-electron chi connectivity index (χ4n) is 6.67. The fraction of sp³-hybridized carbons (Fsp3) is 0.786. The van der Waals surface area contributed by atoms with Crippen LogP contribution >= 0.6 is 0 Å². The van der Waals surface area contributed by atoms with Crippen LogP contribution in [0.4, 0.5) is 0 Å². The molecule has 1 nitrogen and oxygen atoms in total. The van der Waals surface area contributed by atoms with E-state index in [9.17, 15) is 5.11 Å². The van der Waals surface area contributed by atoms with E-state index in [1.165, 1.54) is 56.1 Å². The smallest absolute Gasteiger partial charge is 0.0583 e. The second-order valence-corrected chi connectivity index (χ2v) is 11.3. The van der Waals surface area contributed by atoms with Crippen molar-refractivity contribution in [1.82, 2.24) is 0 Å². The van der Waals surface area contributed by atoms with Gasteiger partial charge in [-0.25, -0.2) is 0 Å². The van der Waals surface area contributed by atoms with Gasteiger partial charge in [0.15, 0.2) is 0 Å². The Morgan fingerprint density at radius 3 is 2.55 bits per heavy atom. The van der Waals surface area contributed by atoms with Crippen LogP contribution in [-0.2, 0) is 0 Å². The zero-order chi connectivity index (χ0) is 21.2. The van der Waals surface area contributed by atoms with Crippen LogP contribution in [0.2, 0.25) is 0 Å². The van der Waals surface area contributed by atoms with E-state index in [0.717, 1.165) is 48.9 Å². The van der Waals surface area contributed by atoms with Crippen molar-refractivity contribution in [3.8, 4) is 0 Å². The summed E-state index contributed by atoms with van der Waals surface area (Å²) in [6.45, 7) is 16.6. The van der Waals surface area contributed by atoms with E-state index < -0.39 is 0 Å².